The van der Waals surface area contributed by atoms with Gasteiger partial charge in [-0.3, -0.25) is 9.89 Å². The summed E-state index contributed by atoms with van der Waals surface area (Å²) in [6, 6.07) is 8.33. The maximum atomic E-state index is 12.6. The van der Waals surface area contributed by atoms with E-state index in [2.05, 4.69) is 10.2 Å². The zero-order valence-electron chi connectivity index (χ0n) is 13.9. The molecule has 1 fully saturated rings. The Morgan fingerprint density at radius 2 is 2.08 bits per heavy atom. The molecule has 2 heterocycles. The number of likely N-dealkylation sites (tertiary alicyclic amines) is 1. The molecule has 1 aliphatic rings. The number of rotatable bonds is 4. The minimum absolute atomic E-state index is 0.165. The van der Waals surface area contributed by atoms with Crippen LogP contribution in [0.15, 0.2) is 30.3 Å². The number of aromatic nitrogens is 2. The highest BCUT2D eigenvalue weighted by molar-refractivity contribution is 5.93. The highest BCUT2D eigenvalue weighted by Crippen LogP contribution is 2.25. The van der Waals surface area contributed by atoms with Crippen molar-refractivity contribution in [3.8, 4) is 17.0 Å². The number of aromatic hydroxyl groups is 1. The van der Waals surface area contributed by atoms with Gasteiger partial charge in [0.2, 0.25) is 0 Å². The third-order valence-corrected chi connectivity index (χ3v) is 4.20. The largest absolute Gasteiger partial charge is 0.508 e. The molecule has 1 atom stereocenters. The van der Waals surface area contributed by atoms with Crippen LogP contribution >= 0.6 is 0 Å². The minimum atomic E-state index is -0.862. The number of benzene rings is 1. The zero-order chi connectivity index (χ0) is 17.3. The molecule has 7 nitrogen and oxygen atoms in total. The number of amides is 1. The van der Waals surface area contributed by atoms with E-state index in [9.17, 15) is 15.0 Å². The van der Waals surface area contributed by atoms with Crippen molar-refractivity contribution < 1.29 is 15.0 Å². The van der Waals surface area contributed by atoms with Gasteiger partial charge in [0, 0.05) is 18.7 Å². The standard InChI is InChI=1S/C17H22N4O3/c1-20(2)10-17(24)7-8-21(11-17)16(23)15-9-14(18-19-15)12-3-5-13(22)6-4-12/h3-6,9,22,24H,7-8,10-11H2,1-2H3,(H,18,19). The van der Waals surface area contributed by atoms with Gasteiger partial charge < -0.3 is 20.0 Å². The average Bonchev–Trinajstić information content (AvgIpc) is 3.14. The molecule has 0 radical (unpaired) electrons. The lowest BCUT2D eigenvalue weighted by atomic mass is 10.0. The molecule has 7 heteroatoms. The van der Waals surface area contributed by atoms with Gasteiger partial charge in [-0.1, -0.05) is 0 Å². The van der Waals surface area contributed by atoms with Gasteiger partial charge in [0.25, 0.3) is 5.91 Å². The Morgan fingerprint density at radius 1 is 1.38 bits per heavy atom. The molecule has 1 saturated heterocycles. The van der Waals surface area contributed by atoms with Crippen molar-refractivity contribution in [1.82, 2.24) is 20.0 Å². The van der Waals surface area contributed by atoms with Gasteiger partial charge in [-0.2, -0.15) is 5.10 Å². The number of aromatic amines is 1. The van der Waals surface area contributed by atoms with Gasteiger partial charge in [-0.25, -0.2) is 0 Å². The Labute approximate surface area is 140 Å². The maximum absolute atomic E-state index is 12.6. The molecule has 0 spiro atoms. The maximum Gasteiger partial charge on any atom is 0.271 e. The van der Waals surface area contributed by atoms with Crippen molar-refractivity contribution in [2.24, 2.45) is 0 Å². The molecule has 1 amide bonds. The van der Waals surface area contributed by atoms with Crippen LogP contribution in [0.5, 0.6) is 5.75 Å². The SMILES string of the molecule is CN(C)CC1(O)CCN(C(=O)c2cc(-c3ccc(O)cc3)n[nH]2)C1. The highest BCUT2D eigenvalue weighted by atomic mass is 16.3. The summed E-state index contributed by atoms with van der Waals surface area (Å²) >= 11 is 0. The van der Waals surface area contributed by atoms with Crippen LogP contribution in [0.25, 0.3) is 11.3 Å². The molecule has 1 aliphatic heterocycles. The predicted molar refractivity (Wildman–Crippen MR) is 89.7 cm³/mol. The van der Waals surface area contributed by atoms with Gasteiger partial charge in [-0.05, 0) is 50.8 Å². The Balaban J connectivity index is 1.71. The molecular weight excluding hydrogens is 308 g/mol. The Kier molecular flexibility index (Phi) is 4.29. The Bertz CT molecular complexity index is 726. The van der Waals surface area contributed by atoms with Crippen LogP contribution in [-0.4, -0.2) is 75.4 Å². The minimum Gasteiger partial charge on any atom is -0.508 e. The lowest BCUT2D eigenvalue weighted by Crippen LogP contribution is -2.43. The number of phenolic OH excluding ortho intramolecular Hbond substituents is 1. The van der Waals surface area contributed by atoms with Crippen molar-refractivity contribution in [3.05, 3.63) is 36.0 Å². The fourth-order valence-electron chi connectivity index (χ4n) is 3.13. The predicted octanol–water partition coefficient (Wildman–Crippen LogP) is 0.921. The van der Waals surface area contributed by atoms with Crippen LogP contribution < -0.4 is 0 Å². The second kappa shape index (κ2) is 6.26. The van der Waals surface area contributed by atoms with Crippen LogP contribution in [0.1, 0.15) is 16.9 Å². The smallest absolute Gasteiger partial charge is 0.271 e. The van der Waals surface area contributed by atoms with Crippen LogP contribution in [0.4, 0.5) is 0 Å². The molecule has 24 heavy (non-hydrogen) atoms. The van der Waals surface area contributed by atoms with Gasteiger partial charge >= 0.3 is 0 Å². The third-order valence-electron chi connectivity index (χ3n) is 4.20. The first-order valence-corrected chi connectivity index (χ1v) is 7.87. The third kappa shape index (κ3) is 3.42. The van der Waals surface area contributed by atoms with Crippen LogP contribution in [0, 0.1) is 0 Å². The van der Waals surface area contributed by atoms with E-state index in [0.29, 0.717) is 37.4 Å². The van der Waals surface area contributed by atoms with Crippen LogP contribution in [-0.2, 0) is 0 Å². The summed E-state index contributed by atoms with van der Waals surface area (Å²) < 4.78 is 0. The van der Waals surface area contributed by atoms with Crippen molar-refractivity contribution in [2.45, 2.75) is 12.0 Å². The summed E-state index contributed by atoms with van der Waals surface area (Å²) in [6.07, 6.45) is 0.565. The lowest BCUT2D eigenvalue weighted by Gasteiger charge is -2.26. The summed E-state index contributed by atoms with van der Waals surface area (Å²) in [5, 5.41) is 26.8. The summed E-state index contributed by atoms with van der Waals surface area (Å²) in [5.74, 6) is 0.0186. The molecule has 0 bridgehead atoms. The van der Waals surface area contributed by atoms with Gasteiger partial charge in [0.15, 0.2) is 0 Å². The quantitative estimate of drug-likeness (QED) is 0.775. The summed E-state index contributed by atoms with van der Waals surface area (Å²) in [7, 11) is 3.81. The number of aliphatic hydroxyl groups is 1. The molecule has 1 aromatic carbocycles. The molecule has 0 saturated carbocycles. The number of hydrogen-bond acceptors (Lipinski definition) is 5. The fourth-order valence-corrected chi connectivity index (χ4v) is 3.13. The van der Waals surface area contributed by atoms with Crippen molar-refractivity contribution in [3.63, 3.8) is 0 Å². The van der Waals surface area contributed by atoms with E-state index in [0.717, 1.165) is 5.56 Å². The first-order valence-electron chi connectivity index (χ1n) is 7.87. The number of H-pyrrole nitrogens is 1. The molecule has 1 unspecified atom stereocenters. The molecule has 1 aromatic heterocycles. The number of carbonyl (C=O) groups excluding carboxylic acids is 1. The molecule has 0 aliphatic carbocycles. The number of hydrogen-bond donors (Lipinski definition) is 3. The number of β-amino-alcohol motifs (C(OH)–C–C–N with tert-alkyl or cyclic N) is 1. The number of nitrogens with zero attached hydrogens (tertiary/aromatic N) is 3. The first kappa shape index (κ1) is 16.5. The van der Waals surface area contributed by atoms with E-state index in [4.69, 9.17) is 0 Å². The second-order valence-electron chi connectivity index (χ2n) is 6.65. The molecular formula is C17H22N4O3. The van der Waals surface area contributed by atoms with E-state index in [1.807, 2.05) is 19.0 Å². The van der Waals surface area contributed by atoms with E-state index in [-0.39, 0.29) is 11.7 Å². The van der Waals surface area contributed by atoms with Crippen LogP contribution in [0.3, 0.4) is 0 Å². The Morgan fingerprint density at radius 3 is 2.75 bits per heavy atom. The Hall–Kier alpha value is -2.38. The number of carbonyl (C=O) groups is 1. The number of nitrogens with one attached hydrogen (secondary N) is 1. The van der Waals surface area contributed by atoms with Gasteiger partial charge in [0.1, 0.15) is 11.4 Å². The normalized spacial score (nSPS) is 20.8. The van der Waals surface area contributed by atoms with Crippen molar-refractivity contribution in [2.75, 3.05) is 33.7 Å². The number of phenols is 1. The molecule has 128 valence electrons. The molecule has 3 N–H and O–H groups in total. The second-order valence-corrected chi connectivity index (χ2v) is 6.65. The average molecular weight is 330 g/mol. The van der Waals surface area contributed by atoms with E-state index < -0.39 is 5.60 Å². The van der Waals surface area contributed by atoms with E-state index in [1.54, 1.807) is 35.2 Å². The summed E-state index contributed by atoms with van der Waals surface area (Å²) in [4.78, 5) is 16.2. The zero-order valence-corrected chi connectivity index (χ0v) is 13.9. The van der Waals surface area contributed by atoms with Crippen LogP contribution in [0.2, 0.25) is 0 Å². The monoisotopic (exact) mass is 330 g/mol. The number of likely N-dealkylation sites (N-methyl/N-ethyl adjacent to an activating group) is 1. The highest BCUT2D eigenvalue weighted by Gasteiger charge is 2.39. The lowest BCUT2D eigenvalue weighted by molar-refractivity contribution is 0.0235. The van der Waals surface area contributed by atoms with Crippen molar-refractivity contribution >= 4 is 5.91 Å². The van der Waals surface area contributed by atoms with E-state index in [1.165, 1.54) is 0 Å². The van der Waals surface area contributed by atoms with Gasteiger partial charge in [0.05, 0.1) is 17.8 Å². The molecule has 3 rings (SSSR count). The summed E-state index contributed by atoms with van der Waals surface area (Å²) in [6.45, 7) is 1.37. The van der Waals surface area contributed by atoms with Crippen molar-refractivity contribution in [1.29, 1.82) is 0 Å². The fraction of sp³-hybridized carbons (Fsp3) is 0.412. The molecule has 2 aromatic rings. The summed E-state index contributed by atoms with van der Waals surface area (Å²) in [5.41, 5.74) is 0.987. The topological polar surface area (TPSA) is 92.7 Å². The van der Waals surface area contributed by atoms with E-state index >= 15 is 0 Å². The first-order chi connectivity index (χ1) is 11.4. The van der Waals surface area contributed by atoms with Gasteiger partial charge in [-0.15, -0.1) is 0 Å².